The molecule has 2 unspecified atom stereocenters. The van der Waals surface area contributed by atoms with Gasteiger partial charge in [-0.2, -0.15) is 0 Å². The van der Waals surface area contributed by atoms with Gasteiger partial charge in [0.25, 0.3) is 5.91 Å². The number of ether oxygens (including phenoxy) is 2. The zero-order chi connectivity index (χ0) is 21.8. The summed E-state index contributed by atoms with van der Waals surface area (Å²) in [4.78, 5) is 15.2. The highest BCUT2D eigenvalue weighted by atomic mass is 16.5. The van der Waals surface area contributed by atoms with Crippen LogP contribution >= 0.6 is 0 Å². The van der Waals surface area contributed by atoms with Crippen LogP contribution in [-0.4, -0.2) is 42.1 Å². The number of rotatable bonds is 7. The average molecular weight is 435 g/mol. The second-order valence-corrected chi connectivity index (χ2v) is 9.44. The highest BCUT2D eigenvalue weighted by Crippen LogP contribution is 2.30. The maximum atomic E-state index is 12.6. The molecule has 3 fully saturated rings. The van der Waals surface area contributed by atoms with Crippen molar-refractivity contribution in [1.82, 2.24) is 4.90 Å². The van der Waals surface area contributed by atoms with Crippen molar-refractivity contribution in [3.63, 3.8) is 0 Å². The molecule has 2 saturated heterocycles. The minimum absolute atomic E-state index is 0.102. The summed E-state index contributed by atoms with van der Waals surface area (Å²) in [7, 11) is 0. The van der Waals surface area contributed by atoms with Gasteiger partial charge in [-0.15, -0.1) is 0 Å². The van der Waals surface area contributed by atoms with E-state index < -0.39 is 0 Å². The molecule has 5 rings (SSSR count). The summed E-state index contributed by atoms with van der Waals surface area (Å²) in [6, 6.07) is 16.0. The topological polar surface area (TPSA) is 50.8 Å². The lowest BCUT2D eigenvalue weighted by atomic mass is 9.90. The van der Waals surface area contributed by atoms with E-state index in [-0.39, 0.29) is 12.0 Å². The van der Waals surface area contributed by atoms with E-state index >= 15 is 0 Å². The number of carbonyl (C=O) groups excluding carboxylic acids is 1. The zero-order valence-electron chi connectivity index (χ0n) is 18.8. The minimum atomic E-state index is -0.102. The molecular formula is C27H34N2O3. The lowest BCUT2D eigenvalue weighted by Crippen LogP contribution is -2.52. The maximum Gasteiger partial charge on any atom is 0.255 e. The number of nitrogens with one attached hydrogen (secondary N) is 1. The molecule has 2 atom stereocenters. The Balaban J connectivity index is 1.13. The van der Waals surface area contributed by atoms with Gasteiger partial charge in [0.05, 0.1) is 12.7 Å². The van der Waals surface area contributed by atoms with Crippen LogP contribution in [0.5, 0.6) is 5.75 Å². The van der Waals surface area contributed by atoms with Gasteiger partial charge in [-0.1, -0.05) is 18.6 Å². The standard InChI is InChI=1S/C27H34N2O3/c30-27(21-11-9-20(10-12-21)19-31-23-5-3-6-23)28-22-13-15-24(16-14-22)32-26-8-4-18-29-17-2-1-7-25(26)29/h9-16,23,25-26H,1-8,17-19H2,(H,28,30). The molecule has 2 heterocycles. The van der Waals surface area contributed by atoms with Gasteiger partial charge in [-0.05, 0) is 100.0 Å². The number of hydrogen-bond acceptors (Lipinski definition) is 4. The number of anilines is 1. The smallest absolute Gasteiger partial charge is 0.255 e. The molecule has 1 saturated carbocycles. The van der Waals surface area contributed by atoms with Gasteiger partial charge < -0.3 is 14.8 Å². The number of piperidine rings is 2. The Morgan fingerprint density at radius 2 is 1.66 bits per heavy atom. The quantitative estimate of drug-likeness (QED) is 0.634. The molecule has 2 aliphatic heterocycles. The maximum absolute atomic E-state index is 12.6. The molecule has 32 heavy (non-hydrogen) atoms. The van der Waals surface area contributed by atoms with Crippen molar-refractivity contribution in [2.75, 3.05) is 18.4 Å². The van der Waals surface area contributed by atoms with Crippen LogP contribution in [0, 0.1) is 0 Å². The van der Waals surface area contributed by atoms with Crippen LogP contribution in [0.1, 0.15) is 67.3 Å². The number of nitrogens with zero attached hydrogens (tertiary/aromatic N) is 1. The number of amides is 1. The lowest BCUT2D eigenvalue weighted by Gasteiger charge is -2.43. The third-order valence-corrected chi connectivity index (χ3v) is 7.18. The minimum Gasteiger partial charge on any atom is -0.489 e. The van der Waals surface area contributed by atoms with E-state index in [0.29, 0.717) is 24.3 Å². The van der Waals surface area contributed by atoms with E-state index in [1.807, 2.05) is 48.5 Å². The molecule has 1 aliphatic carbocycles. The largest absolute Gasteiger partial charge is 0.489 e. The molecule has 2 aromatic rings. The summed E-state index contributed by atoms with van der Waals surface area (Å²) in [5.74, 6) is 0.784. The first-order chi connectivity index (χ1) is 15.7. The predicted octanol–water partition coefficient (Wildman–Crippen LogP) is 5.40. The Bertz CT molecular complexity index is 890. The van der Waals surface area contributed by atoms with Gasteiger partial charge in [0.15, 0.2) is 0 Å². The van der Waals surface area contributed by atoms with Gasteiger partial charge in [0, 0.05) is 17.3 Å². The third-order valence-electron chi connectivity index (χ3n) is 7.18. The summed E-state index contributed by atoms with van der Waals surface area (Å²) >= 11 is 0. The highest BCUT2D eigenvalue weighted by Gasteiger charge is 2.34. The van der Waals surface area contributed by atoms with Crippen molar-refractivity contribution >= 4 is 11.6 Å². The third kappa shape index (κ3) is 5.16. The van der Waals surface area contributed by atoms with Crippen LogP contribution < -0.4 is 10.1 Å². The molecule has 0 bridgehead atoms. The molecule has 170 valence electrons. The van der Waals surface area contributed by atoms with E-state index in [9.17, 15) is 4.79 Å². The van der Waals surface area contributed by atoms with Crippen molar-refractivity contribution in [2.24, 2.45) is 0 Å². The average Bonchev–Trinajstić information content (AvgIpc) is 2.80. The number of carbonyl (C=O) groups is 1. The summed E-state index contributed by atoms with van der Waals surface area (Å²) in [6.07, 6.45) is 10.5. The first kappa shape index (κ1) is 21.5. The Hall–Kier alpha value is -2.37. The fourth-order valence-electron chi connectivity index (χ4n) is 5.04. The van der Waals surface area contributed by atoms with E-state index in [1.54, 1.807) is 0 Å². The number of fused-ring (bicyclic) bond motifs is 1. The zero-order valence-corrected chi connectivity index (χ0v) is 18.8. The van der Waals surface area contributed by atoms with Crippen LogP contribution in [0.3, 0.4) is 0 Å². The molecule has 0 radical (unpaired) electrons. The fraction of sp³-hybridized carbons (Fsp3) is 0.519. The number of benzene rings is 2. The van der Waals surface area contributed by atoms with Crippen molar-refractivity contribution in [2.45, 2.75) is 76.2 Å². The van der Waals surface area contributed by atoms with Crippen LogP contribution in [0.4, 0.5) is 5.69 Å². The van der Waals surface area contributed by atoms with E-state index in [2.05, 4.69) is 10.2 Å². The summed E-state index contributed by atoms with van der Waals surface area (Å²) in [5, 5.41) is 2.99. The van der Waals surface area contributed by atoms with Crippen molar-refractivity contribution in [3.05, 3.63) is 59.7 Å². The Morgan fingerprint density at radius 3 is 2.41 bits per heavy atom. The van der Waals surface area contributed by atoms with Crippen molar-refractivity contribution in [1.29, 1.82) is 0 Å². The molecular weight excluding hydrogens is 400 g/mol. The molecule has 5 nitrogen and oxygen atoms in total. The van der Waals surface area contributed by atoms with E-state index in [4.69, 9.17) is 9.47 Å². The molecule has 1 N–H and O–H groups in total. The SMILES string of the molecule is O=C(Nc1ccc(OC2CCCN3CCCCC23)cc1)c1ccc(COC2CCC2)cc1. The Morgan fingerprint density at radius 1 is 0.875 bits per heavy atom. The van der Waals surface area contributed by atoms with Crippen LogP contribution in [0.15, 0.2) is 48.5 Å². The van der Waals surface area contributed by atoms with Gasteiger partial charge in [0.1, 0.15) is 11.9 Å². The van der Waals surface area contributed by atoms with Crippen molar-refractivity contribution in [3.8, 4) is 5.75 Å². The van der Waals surface area contributed by atoms with Gasteiger partial charge in [-0.25, -0.2) is 0 Å². The predicted molar refractivity (Wildman–Crippen MR) is 126 cm³/mol. The normalized spacial score (nSPS) is 23.8. The second-order valence-electron chi connectivity index (χ2n) is 9.44. The van der Waals surface area contributed by atoms with E-state index in [0.717, 1.165) is 23.4 Å². The first-order valence-electron chi connectivity index (χ1n) is 12.3. The molecule has 5 heteroatoms. The fourth-order valence-corrected chi connectivity index (χ4v) is 5.04. The summed E-state index contributed by atoms with van der Waals surface area (Å²) in [6.45, 7) is 3.04. The van der Waals surface area contributed by atoms with Crippen LogP contribution in [0.25, 0.3) is 0 Å². The summed E-state index contributed by atoms with van der Waals surface area (Å²) < 4.78 is 12.2. The lowest BCUT2D eigenvalue weighted by molar-refractivity contribution is -0.00866. The summed E-state index contributed by atoms with van der Waals surface area (Å²) in [5.41, 5.74) is 2.54. The van der Waals surface area contributed by atoms with Gasteiger partial charge >= 0.3 is 0 Å². The Labute approximate surface area is 191 Å². The van der Waals surface area contributed by atoms with E-state index in [1.165, 1.54) is 58.0 Å². The molecule has 3 aliphatic rings. The van der Waals surface area contributed by atoms with Gasteiger partial charge in [-0.3, -0.25) is 9.69 Å². The highest BCUT2D eigenvalue weighted by molar-refractivity contribution is 6.04. The molecule has 0 aromatic heterocycles. The Kier molecular flexibility index (Phi) is 6.75. The molecule has 0 spiro atoms. The first-order valence-corrected chi connectivity index (χ1v) is 12.3. The molecule has 1 amide bonds. The van der Waals surface area contributed by atoms with Crippen LogP contribution in [0.2, 0.25) is 0 Å². The number of hydrogen-bond donors (Lipinski definition) is 1. The van der Waals surface area contributed by atoms with Gasteiger partial charge in [0.2, 0.25) is 0 Å². The van der Waals surface area contributed by atoms with Crippen LogP contribution in [-0.2, 0) is 11.3 Å². The second kappa shape index (κ2) is 10.1. The monoisotopic (exact) mass is 434 g/mol. The van der Waals surface area contributed by atoms with Crippen molar-refractivity contribution < 1.29 is 14.3 Å². The molecule has 2 aromatic carbocycles.